The van der Waals surface area contributed by atoms with E-state index in [1.165, 1.54) is 16.8 Å². The summed E-state index contributed by atoms with van der Waals surface area (Å²) in [6.07, 6.45) is 4.97. The number of likely N-dealkylation sites (N-methyl/N-ethyl adjacent to an activating group) is 1. The summed E-state index contributed by atoms with van der Waals surface area (Å²) in [5.74, 6) is 0. The Kier molecular flexibility index (Phi) is 6.44. The van der Waals surface area contributed by atoms with Crippen molar-refractivity contribution in [2.24, 2.45) is 0 Å². The van der Waals surface area contributed by atoms with Gasteiger partial charge < -0.3 is 10.2 Å². The highest BCUT2D eigenvalue weighted by Crippen LogP contribution is 2.19. The van der Waals surface area contributed by atoms with E-state index in [-0.39, 0.29) is 0 Å². The van der Waals surface area contributed by atoms with E-state index in [1.54, 1.807) is 0 Å². The quantitative estimate of drug-likeness (QED) is 0.565. The minimum Gasteiger partial charge on any atom is -0.366 e. The molecule has 100 valence electrons. The Morgan fingerprint density at radius 2 is 2.22 bits per heavy atom. The molecule has 3 heteroatoms. The van der Waals surface area contributed by atoms with Gasteiger partial charge in [-0.25, -0.2) is 0 Å². The van der Waals surface area contributed by atoms with Gasteiger partial charge in [0.25, 0.3) is 0 Å². The molecule has 18 heavy (non-hydrogen) atoms. The molecule has 0 aromatic carbocycles. The second kappa shape index (κ2) is 7.88. The molecule has 0 saturated carbocycles. The molecule has 0 atom stereocenters. The molecule has 0 aliphatic carbocycles. The number of nitrogens with one attached hydrogen (secondary N) is 1. The van der Waals surface area contributed by atoms with Crippen LogP contribution in [-0.4, -0.2) is 24.6 Å². The SMILES string of the molecule is C=C(C)CN(CC)c1cnccc1CNCCC. The number of pyridine rings is 1. The number of aromatic nitrogens is 1. The normalized spacial score (nSPS) is 10.4. The van der Waals surface area contributed by atoms with E-state index >= 15 is 0 Å². The predicted octanol–water partition coefficient (Wildman–Crippen LogP) is 2.98. The number of nitrogens with zero attached hydrogens (tertiary/aromatic N) is 2. The molecule has 1 rings (SSSR count). The van der Waals surface area contributed by atoms with Gasteiger partial charge in [0.05, 0.1) is 11.9 Å². The summed E-state index contributed by atoms with van der Waals surface area (Å²) >= 11 is 0. The Bertz CT molecular complexity index is 374. The highest BCUT2D eigenvalue weighted by molar-refractivity contribution is 5.52. The van der Waals surface area contributed by atoms with Crippen molar-refractivity contribution in [1.29, 1.82) is 0 Å². The maximum Gasteiger partial charge on any atom is 0.0601 e. The lowest BCUT2D eigenvalue weighted by Crippen LogP contribution is -2.27. The van der Waals surface area contributed by atoms with Gasteiger partial charge in [0.2, 0.25) is 0 Å². The van der Waals surface area contributed by atoms with Gasteiger partial charge >= 0.3 is 0 Å². The average Bonchev–Trinajstić information content (AvgIpc) is 2.37. The highest BCUT2D eigenvalue weighted by Gasteiger charge is 2.09. The second-order valence-electron chi connectivity index (χ2n) is 4.65. The summed E-state index contributed by atoms with van der Waals surface area (Å²) < 4.78 is 0. The van der Waals surface area contributed by atoms with Crippen molar-refractivity contribution in [3.05, 3.63) is 36.2 Å². The number of hydrogen-bond acceptors (Lipinski definition) is 3. The predicted molar refractivity (Wildman–Crippen MR) is 78.9 cm³/mol. The zero-order chi connectivity index (χ0) is 13.4. The lowest BCUT2D eigenvalue weighted by atomic mass is 10.2. The highest BCUT2D eigenvalue weighted by atomic mass is 15.1. The zero-order valence-electron chi connectivity index (χ0n) is 11.9. The van der Waals surface area contributed by atoms with Gasteiger partial charge in [-0.3, -0.25) is 4.98 Å². The van der Waals surface area contributed by atoms with Crippen molar-refractivity contribution < 1.29 is 0 Å². The van der Waals surface area contributed by atoms with Crippen molar-refractivity contribution in [3.63, 3.8) is 0 Å². The summed E-state index contributed by atoms with van der Waals surface area (Å²) in [4.78, 5) is 6.57. The van der Waals surface area contributed by atoms with Gasteiger partial charge in [0, 0.05) is 25.8 Å². The Hall–Kier alpha value is -1.35. The van der Waals surface area contributed by atoms with Crippen LogP contribution in [0.5, 0.6) is 0 Å². The monoisotopic (exact) mass is 247 g/mol. The van der Waals surface area contributed by atoms with Crippen LogP contribution in [0.3, 0.4) is 0 Å². The maximum absolute atomic E-state index is 4.25. The number of hydrogen-bond donors (Lipinski definition) is 1. The summed E-state index contributed by atoms with van der Waals surface area (Å²) in [6, 6.07) is 2.10. The Balaban J connectivity index is 2.81. The van der Waals surface area contributed by atoms with Gasteiger partial charge in [0.15, 0.2) is 0 Å². The molecule has 0 unspecified atom stereocenters. The molecule has 1 N–H and O–H groups in total. The average molecular weight is 247 g/mol. The topological polar surface area (TPSA) is 28.2 Å². The largest absolute Gasteiger partial charge is 0.366 e. The molecule has 0 amide bonds. The van der Waals surface area contributed by atoms with Crippen LogP contribution in [-0.2, 0) is 6.54 Å². The first kappa shape index (κ1) is 14.7. The fourth-order valence-electron chi connectivity index (χ4n) is 1.94. The van der Waals surface area contributed by atoms with Crippen LogP contribution in [0.15, 0.2) is 30.6 Å². The lowest BCUT2D eigenvalue weighted by molar-refractivity contribution is 0.672. The smallest absolute Gasteiger partial charge is 0.0601 e. The van der Waals surface area contributed by atoms with Crippen molar-refractivity contribution in [1.82, 2.24) is 10.3 Å². The fourth-order valence-corrected chi connectivity index (χ4v) is 1.94. The third kappa shape index (κ3) is 4.49. The van der Waals surface area contributed by atoms with E-state index in [0.717, 1.165) is 32.6 Å². The Morgan fingerprint density at radius 1 is 1.44 bits per heavy atom. The first-order valence-corrected chi connectivity index (χ1v) is 6.72. The van der Waals surface area contributed by atoms with Crippen molar-refractivity contribution >= 4 is 5.69 Å². The van der Waals surface area contributed by atoms with Crippen LogP contribution in [0.2, 0.25) is 0 Å². The third-order valence-corrected chi connectivity index (χ3v) is 2.81. The third-order valence-electron chi connectivity index (χ3n) is 2.81. The van der Waals surface area contributed by atoms with Crippen LogP contribution in [0.25, 0.3) is 0 Å². The van der Waals surface area contributed by atoms with Crippen LogP contribution in [0.4, 0.5) is 5.69 Å². The summed E-state index contributed by atoms with van der Waals surface area (Å²) in [6.45, 7) is 14.2. The van der Waals surface area contributed by atoms with Gasteiger partial charge in [0.1, 0.15) is 0 Å². The minimum atomic E-state index is 0.892. The first-order valence-electron chi connectivity index (χ1n) is 6.72. The minimum absolute atomic E-state index is 0.892. The second-order valence-corrected chi connectivity index (χ2v) is 4.65. The number of rotatable bonds is 8. The molecule has 0 fully saturated rings. The standard InChI is InChI=1S/C15H25N3/c1-5-8-16-10-14-7-9-17-11-15(14)18(6-2)12-13(3)4/h7,9,11,16H,3,5-6,8,10,12H2,1-2,4H3. The van der Waals surface area contributed by atoms with Crippen LogP contribution < -0.4 is 10.2 Å². The van der Waals surface area contributed by atoms with Crippen LogP contribution in [0.1, 0.15) is 32.8 Å². The molecular weight excluding hydrogens is 222 g/mol. The molecule has 0 aliphatic heterocycles. The van der Waals surface area contributed by atoms with E-state index in [0.29, 0.717) is 0 Å². The van der Waals surface area contributed by atoms with Gasteiger partial charge in [-0.15, -0.1) is 0 Å². The van der Waals surface area contributed by atoms with Crippen LogP contribution in [0, 0.1) is 0 Å². The molecule has 0 spiro atoms. The molecule has 3 nitrogen and oxygen atoms in total. The maximum atomic E-state index is 4.25. The van der Waals surface area contributed by atoms with E-state index in [2.05, 4.69) is 48.6 Å². The molecule has 0 aliphatic rings. The van der Waals surface area contributed by atoms with Crippen LogP contribution >= 0.6 is 0 Å². The van der Waals surface area contributed by atoms with Gasteiger partial charge in [-0.2, -0.15) is 0 Å². The molecule has 1 heterocycles. The number of anilines is 1. The molecular formula is C15H25N3. The van der Waals surface area contributed by atoms with Crippen molar-refractivity contribution in [3.8, 4) is 0 Å². The molecule has 0 bridgehead atoms. The Labute approximate surface area is 111 Å². The summed E-state index contributed by atoms with van der Waals surface area (Å²) in [5, 5.41) is 3.45. The molecule has 1 aromatic rings. The van der Waals surface area contributed by atoms with Gasteiger partial charge in [-0.1, -0.05) is 19.1 Å². The molecule has 0 saturated heterocycles. The first-order chi connectivity index (χ1) is 8.69. The lowest BCUT2D eigenvalue weighted by Gasteiger charge is -2.25. The Morgan fingerprint density at radius 3 is 2.83 bits per heavy atom. The molecule has 1 aromatic heterocycles. The summed E-state index contributed by atoms with van der Waals surface area (Å²) in [5.41, 5.74) is 3.70. The van der Waals surface area contributed by atoms with E-state index in [1.807, 2.05) is 12.4 Å². The van der Waals surface area contributed by atoms with Crippen molar-refractivity contribution in [2.45, 2.75) is 33.7 Å². The summed E-state index contributed by atoms with van der Waals surface area (Å²) in [7, 11) is 0. The van der Waals surface area contributed by atoms with E-state index in [4.69, 9.17) is 0 Å². The fraction of sp³-hybridized carbons (Fsp3) is 0.533. The van der Waals surface area contributed by atoms with Gasteiger partial charge in [-0.05, 0) is 38.4 Å². The molecule has 0 radical (unpaired) electrons. The zero-order valence-corrected chi connectivity index (χ0v) is 11.9. The van der Waals surface area contributed by atoms with Crippen molar-refractivity contribution in [2.75, 3.05) is 24.5 Å². The van der Waals surface area contributed by atoms with E-state index < -0.39 is 0 Å². The van der Waals surface area contributed by atoms with E-state index in [9.17, 15) is 0 Å².